The summed E-state index contributed by atoms with van der Waals surface area (Å²) in [4.78, 5) is 16.4. The quantitative estimate of drug-likeness (QED) is 0.622. The van der Waals surface area contributed by atoms with E-state index in [9.17, 15) is 4.79 Å². The summed E-state index contributed by atoms with van der Waals surface area (Å²) >= 11 is 1.35. The first-order valence-corrected chi connectivity index (χ1v) is 6.66. The average Bonchev–Trinajstić information content (AvgIpc) is 2.68. The maximum Gasteiger partial charge on any atom is 0.256 e. The molecule has 1 aromatic carbocycles. The molecule has 0 aliphatic heterocycles. The summed E-state index contributed by atoms with van der Waals surface area (Å²) in [5, 5.41) is 0.353. The van der Waals surface area contributed by atoms with Crippen LogP contribution in [0, 0.1) is 13.8 Å². The Hall–Kier alpha value is -1.55. The van der Waals surface area contributed by atoms with Gasteiger partial charge in [-0.05, 0) is 20.8 Å². The van der Waals surface area contributed by atoms with Gasteiger partial charge in [0.15, 0.2) is 5.78 Å². The summed E-state index contributed by atoms with van der Waals surface area (Å²) in [6, 6.07) is 9.28. The molecule has 18 heavy (non-hydrogen) atoms. The van der Waals surface area contributed by atoms with Crippen LogP contribution in [-0.2, 0) is 0 Å². The van der Waals surface area contributed by atoms with Crippen molar-refractivity contribution >= 4 is 17.5 Å². The SMILES string of the molecule is Cc1nc(SC(C)C(=O)c2ccccc2)oc1C. The van der Waals surface area contributed by atoms with Crippen molar-refractivity contribution < 1.29 is 9.21 Å². The normalized spacial score (nSPS) is 12.4. The lowest BCUT2D eigenvalue weighted by atomic mass is 10.1. The largest absolute Gasteiger partial charge is 0.437 e. The second-order valence-corrected chi connectivity index (χ2v) is 5.40. The third kappa shape index (κ3) is 2.82. The van der Waals surface area contributed by atoms with Gasteiger partial charge < -0.3 is 4.42 Å². The van der Waals surface area contributed by atoms with Crippen LogP contribution in [0.3, 0.4) is 0 Å². The molecule has 4 heteroatoms. The maximum atomic E-state index is 12.2. The fourth-order valence-electron chi connectivity index (χ4n) is 1.54. The minimum Gasteiger partial charge on any atom is -0.437 e. The van der Waals surface area contributed by atoms with Gasteiger partial charge in [-0.25, -0.2) is 4.98 Å². The number of thioether (sulfide) groups is 1. The topological polar surface area (TPSA) is 43.1 Å². The lowest BCUT2D eigenvalue weighted by Gasteiger charge is -2.07. The molecule has 0 saturated heterocycles. The van der Waals surface area contributed by atoms with E-state index in [1.165, 1.54) is 11.8 Å². The molecule has 0 bridgehead atoms. The molecule has 3 nitrogen and oxygen atoms in total. The van der Waals surface area contributed by atoms with Gasteiger partial charge >= 0.3 is 0 Å². The molecule has 1 unspecified atom stereocenters. The standard InChI is InChI=1S/C14H15NO2S/c1-9-10(2)17-14(15-9)18-11(3)13(16)12-7-5-4-6-8-12/h4-8,11H,1-3H3. The Bertz CT molecular complexity index is 529. The van der Waals surface area contributed by atoms with Crippen LogP contribution in [0.25, 0.3) is 0 Å². The highest BCUT2D eigenvalue weighted by Gasteiger charge is 2.19. The molecule has 1 atom stereocenters. The summed E-state index contributed by atoms with van der Waals surface area (Å²) in [7, 11) is 0. The first-order chi connectivity index (χ1) is 8.58. The molecule has 0 N–H and O–H groups in total. The van der Waals surface area contributed by atoms with Crippen molar-refractivity contribution in [3.63, 3.8) is 0 Å². The molecular weight excluding hydrogens is 246 g/mol. The fraction of sp³-hybridized carbons (Fsp3) is 0.286. The van der Waals surface area contributed by atoms with E-state index in [-0.39, 0.29) is 11.0 Å². The number of carbonyl (C=O) groups excluding carboxylic acids is 1. The van der Waals surface area contributed by atoms with E-state index in [0.717, 1.165) is 17.0 Å². The van der Waals surface area contributed by atoms with Gasteiger partial charge in [-0.2, -0.15) is 0 Å². The summed E-state index contributed by atoms with van der Waals surface area (Å²) in [6.45, 7) is 5.64. The van der Waals surface area contributed by atoms with Crippen molar-refractivity contribution in [2.24, 2.45) is 0 Å². The molecule has 0 spiro atoms. The fourth-order valence-corrected chi connectivity index (χ4v) is 2.44. The van der Waals surface area contributed by atoms with Gasteiger partial charge in [-0.1, -0.05) is 42.1 Å². The number of oxazole rings is 1. The van der Waals surface area contributed by atoms with Gasteiger partial charge in [-0.3, -0.25) is 4.79 Å². The number of aryl methyl sites for hydroxylation is 2. The number of benzene rings is 1. The second-order valence-electron chi connectivity index (χ2n) is 4.11. The van der Waals surface area contributed by atoms with Crippen LogP contribution in [0.5, 0.6) is 0 Å². The number of carbonyl (C=O) groups is 1. The number of rotatable bonds is 4. The Labute approximate surface area is 111 Å². The van der Waals surface area contributed by atoms with Gasteiger partial charge in [0.1, 0.15) is 5.76 Å². The number of nitrogens with zero attached hydrogens (tertiary/aromatic N) is 1. The Morgan fingerprint density at radius 3 is 2.50 bits per heavy atom. The van der Waals surface area contributed by atoms with Crippen molar-refractivity contribution in [2.45, 2.75) is 31.2 Å². The molecule has 2 rings (SSSR count). The number of hydrogen-bond acceptors (Lipinski definition) is 4. The summed E-state index contributed by atoms with van der Waals surface area (Å²) in [5.41, 5.74) is 1.59. The van der Waals surface area contributed by atoms with E-state index in [0.29, 0.717) is 5.22 Å². The van der Waals surface area contributed by atoms with Crippen LogP contribution in [0.2, 0.25) is 0 Å². The summed E-state index contributed by atoms with van der Waals surface area (Å²) in [5.74, 6) is 0.894. The zero-order valence-corrected chi connectivity index (χ0v) is 11.5. The number of hydrogen-bond donors (Lipinski definition) is 0. The van der Waals surface area contributed by atoms with Crippen molar-refractivity contribution in [1.82, 2.24) is 4.98 Å². The van der Waals surface area contributed by atoms with Crippen LogP contribution < -0.4 is 0 Å². The first-order valence-electron chi connectivity index (χ1n) is 5.78. The number of aromatic nitrogens is 1. The molecule has 0 aliphatic carbocycles. The Kier molecular flexibility index (Phi) is 3.87. The summed E-state index contributed by atoms with van der Waals surface area (Å²) < 4.78 is 5.47. The van der Waals surface area contributed by atoms with Crippen LogP contribution in [0.1, 0.15) is 28.7 Å². The molecule has 0 aliphatic rings. The minimum absolute atomic E-state index is 0.0918. The van der Waals surface area contributed by atoms with E-state index in [1.807, 2.05) is 51.1 Å². The highest BCUT2D eigenvalue weighted by Crippen LogP contribution is 2.26. The lowest BCUT2D eigenvalue weighted by Crippen LogP contribution is -2.13. The van der Waals surface area contributed by atoms with Crippen molar-refractivity contribution in [2.75, 3.05) is 0 Å². The molecule has 1 heterocycles. The Morgan fingerprint density at radius 2 is 1.94 bits per heavy atom. The minimum atomic E-state index is -0.204. The molecule has 0 radical (unpaired) electrons. The van der Waals surface area contributed by atoms with E-state index in [4.69, 9.17) is 4.42 Å². The monoisotopic (exact) mass is 261 g/mol. The van der Waals surface area contributed by atoms with Gasteiger partial charge in [0.25, 0.3) is 5.22 Å². The van der Waals surface area contributed by atoms with Crippen LogP contribution in [0.15, 0.2) is 40.0 Å². The average molecular weight is 261 g/mol. The van der Waals surface area contributed by atoms with Gasteiger partial charge in [0.05, 0.1) is 10.9 Å². The molecular formula is C14H15NO2S. The van der Waals surface area contributed by atoms with Crippen LogP contribution in [-0.4, -0.2) is 16.0 Å². The van der Waals surface area contributed by atoms with Crippen molar-refractivity contribution in [3.05, 3.63) is 47.3 Å². The van der Waals surface area contributed by atoms with Crippen molar-refractivity contribution in [3.8, 4) is 0 Å². The van der Waals surface area contributed by atoms with Crippen LogP contribution in [0.4, 0.5) is 0 Å². The zero-order valence-electron chi connectivity index (χ0n) is 10.6. The maximum absolute atomic E-state index is 12.2. The third-order valence-corrected chi connectivity index (χ3v) is 3.66. The lowest BCUT2D eigenvalue weighted by molar-refractivity contribution is 0.0993. The molecule has 94 valence electrons. The molecule has 1 aromatic heterocycles. The highest BCUT2D eigenvalue weighted by molar-refractivity contribution is 8.00. The van der Waals surface area contributed by atoms with Gasteiger partial charge in [-0.15, -0.1) is 0 Å². The smallest absolute Gasteiger partial charge is 0.256 e. The molecule has 0 fully saturated rings. The second kappa shape index (κ2) is 5.40. The Balaban J connectivity index is 2.08. The predicted molar refractivity (Wildman–Crippen MR) is 72.1 cm³/mol. The molecule has 0 saturated carbocycles. The predicted octanol–water partition coefficient (Wildman–Crippen LogP) is 3.65. The van der Waals surface area contributed by atoms with E-state index in [1.54, 1.807) is 0 Å². The van der Waals surface area contributed by atoms with Crippen molar-refractivity contribution in [1.29, 1.82) is 0 Å². The Morgan fingerprint density at radius 1 is 1.28 bits per heavy atom. The first kappa shape index (κ1) is 12.9. The molecule has 2 aromatic rings. The van der Waals surface area contributed by atoms with E-state index < -0.39 is 0 Å². The number of ketones is 1. The summed E-state index contributed by atoms with van der Waals surface area (Å²) in [6.07, 6.45) is 0. The molecule has 0 amide bonds. The third-order valence-electron chi connectivity index (χ3n) is 2.71. The van der Waals surface area contributed by atoms with E-state index >= 15 is 0 Å². The van der Waals surface area contributed by atoms with Crippen LogP contribution >= 0.6 is 11.8 Å². The zero-order chi connectivity index (χ0) is 13.1. The van der Waals surface area contributed by atoms with E-state index in [2.05, 4.69) is 4.98 Å². The van der Waals surface area contributed by atoms with Gasteiger partial charge in [0.2, 0.25) is 0 Å². The van der Waals surface area contributed by atoms with Gasteiger partial charge in [0, 0.05) is 5.56 Å². The highest BCUT2D eigenvalue weighted by atomic mass is 32.2. The number of Topliss-reactive ketones (excluding diaryl/α,β-unsaturated/α-hetero) is 1.